The molecule has 2 aromatic carbocycles. The molecule has 7 amide bonds. The summed E-state index contributed by atoms with van der Waals surface area (Å²) in [6.07, 6.45) is 8.86. The van der Waals surface area contributed by atoms with Crippen LogP contribution in [-0.4, -0.2) is 141 Å². The highest BCUT2D eigenvalue weighted by atomic mass is 16.5. The van der Waals surface area contributed by atoms with Crippen molar-refractivity contribution in [1.29, 1.82) is 0 Å². The molecule has 1 heterocycles. The monoisotopic (exact) mass is 1030 g/mol. The second-order valence-corrected chi connectivity index (χ2v) is 19.8. The maximum atomic E-state index is 13.9. The van der Waals surface area contributed by atoms with Gasteiger partial charge in [-0.1, -0.05) is 110 Å². The van der Waals surface area contributed by atoms with E-state index in [1.165, 1.54) is 42.3 Å². The molecule has 0 aromatic heterocycles. The molecule has 10 N–H and O–H groups in total. The van der Waals surface area contributed by atoms with Crippen molar-refractivity contribution < 1.29 is 63.5 Å². The van der Waals surface area contributed by atoms with Crippen LogP contribution in [0.25, 0.3) is 0 Å². The first-order valence-electron chi connectivity index (χ1n) is 25.5. The number of amides is 7. The fourth-order valence-corrected chi connectivity index (χ4v) is 7.96. The number of aliphatic hydroxyl groups excluding tert-OH is 2. The van der Waals surface area contributed by atoms with Gasteiger partial charge in [0.2, 0.25) is 41.4 Å². The van der Waals surface area contributed by atoms with Gasteiger partial charge >= 0.3 is 5.97 Å². The predicted molar refractivity (Wildman–Crippen MR) is 277 cm³/mol. The number of hydrogen-bond acceptors (Lipinski definition) is 13. The normalized spacial score (nSPS) is 18.6. The Hall–Kier alpha value is -6.80. The summed E-state index contributed by atoms with van der Waals surface area (Å²) >= 11 is 0. The Labute approximate surface area is 434 Å². The van der Waals surface area contributed by atoms with Crippen LogP contribution in [0.4, 0.5) is 0 Å². The fourth-order valence-electron chi connectivity index (χ4n) is 7.96. The Morgan fingerprint density at radius 1 is 0.770 bits per heavy atom. The topological polar surface area (TPSA) is 302 Å². The van der Waals surface area contributed by atoms with Crippen molar-refractivity contribution in [2.24, 2.45) is 17.8 Å². The number of likely N-dealkylation sites (N-methyl/N-ethyl adjacent to an activating group) is 1. The molecule has 3 rings (SSSR count). The lowest BCUT2D eigenvalue weighted by Crippen LogP contribution is -2.59. The van der Waals surface area contributed by atoms with Crippen molar-refractivity contribution in [1.82, 2.24) is 36.8 Å². The number of nitrogens with one attached hydrogen (secondary N) is 6. The van der Waals surface area contributed by atoms with Crippen molar-refractivity contribution in [2.45, 2.75) is 155 Å². The number of carbonyl (C=O) groups is 8. The van der Waals surface area contributed by atoms with Crippen LogP contribution in [0.3, 0.4) is 0 Å². The molecule has 0 radical (unpaired) electrons. The van der Waals surface area contributed by atoms with Gasteiger partial charge in [-0.25, -0.2) is 4.79 Å². The van der Waals surface area contributed by atoms with Crippen molar-refractivity contribution in [3.05, 3.63) is 84.0 Å². The van der Waals surface area contributed by atoms with E-state index in [-0.39, 0.29) is 36.7 Å². The number of aromatic hydroxyl groups is 2. The van der Waals surface area contributed by atoms with Crippen molar-refractivity contribution >= 4 is 47.3 Å². The van der Waals surface area contributed by atoms with E-state index < -0.39 is 127 Å². The Morgan fingerprint density at radius 2 is 1.38 bits per heavy atom. The summed E-state index contributed by atoms with van der Waals surface area (Å²) in [6.45, 7) is 10.9. The molecule has 0 aliphatic carbocycles. The number of ether oxygens (including phenoxy) is 1. The van der Waals surface area contributed by atoms with Gasteiger partial charge in [0.15, 0.2) is 0 Å². The number of allylic oxidation sites excluding steroid dienone is 1. The number of nitrogens with zero attached hydrogens (tertiary/aromatic N) is 1. The molecule has 20 nitrogen and oxygen atoms in total. The fraction of sp³-hybridized carbons (Fsp3) is 0.556. The van der Waals surface area contributed by atoms with Gasteiger partial charge in [0, 0.05) is 32.4 Å². The van der Waals surface area contributed by atoms with E-state index in [1.54, 1.807) is 71.9 Å². The van der Waals surface area contributed by atoms with Crippen LogP contribution in [-0.2, 0) is 55.9 Å². The highest BCUT2D eigenvalue weighted by Gasteiger charge is 2.37. The summed E-state index contributed by atoms with van der Waals surface area (Å²) in [4.78, 5) is 110. The highest BCUT2D eigenvalue weighted by molar-refractivity contribution is 5.95. The van der Waals surface area contributed by atoms with Crippen LogP contribution in [0.15, 0.2) is 72.8 Å². The number of hydrogen-bond donors (Lipinski definition) is 10. The number of rotatable bonds is 26. The predicted octanol–water partition coefficient (Wildman–Crippen LogP) is 2.36. The largest absolute Gasteiger partial charge is 0.508 e. The molecule has 0 fully saturated rings. The minimum atomic E-state index is -1.69. The highest BCUT2D eigenvalue weighted by Crippen LogP contribution is 2.18. The van der Waals surface area contributed by atoms with Crippen LogP contribution >= 0.6 is 0 Å². The first kappa shape index (κ1) is 61.5. The van der Waals surface area contributed by atoms with Crippen LogP contribution in [0.1, 0.15) is 105 Å². The minimum Gasteiger partial charge on any atom is -0.508 e. The van der Waals surface area contributed by atoms with Crippen molar-refractivity contribution in [3.8, 4) is 11.5 Å². The lowest BCUT2D eigenvalue weighted by atomic mass is 9.99. The number of unbranched alkanes of at least 4 members (excludes halogenated alkanes) is 4. The smallest absolute Gasteiger partial charge is 0.329 e. The van der Waals surface area contributed by atoms with Gasteiger partial charge in [-0.3, -0.25) is 33.6 Å². The van der Waals surface area contributed by atoms with Gasteiger partial charge in [-0.2, -0.15) is 0 Å². The number of esters is 1. The van der Waals surface area contributed by atoms with Crippen LogP contribution < -0.4 is 31.9 Å². The first-order valence-corrected chi connectivity index (χ1v) is 25.5. The van der Waals surface area contributed by atoms with Gasteiger partial charge in [-0.15, -0.1) is 0 Å². The molecule has 0 bridgehead atoms. The number of cyclic esters (lactones) is 1. The molecule has 1 aliphatic heterocycles. The van der Waals surface area contributed by atoms with Crippen LogP contribution in [0.2, 0.25) is 0 Å². The average Bonchev–Trinajstić information content (AvgIpc) is 3.35. The molecule has 408 valence electrons. The first-order chi connectivity index (χ1) is 35.0. The van der Waals surface area contributed by atoms with E-state index in [0.717, 1.165) is 38.2 Å². The van der Waals surface area contributed by atoms with Crippen LogP contribution in [0.5, 0.6) is 11.5 Å². The van der Waals surface area contributed by atoms with Gasteiger partial charge in [0.1, 0.15) is 48.3 Å². The maximum absolute atomic E-state index is 13.9. The molecule has 8 atom stereocenters. The number of phenols is 2. The zero-order valence-corrected chi connectivity index (χ0v) is 44.0. The molecule has 20 heteroatoms. The molecule has 0 unspecified atom stereocenters. The Balaban J connectivity index is 1.72. The second kappa shape index (κ2) is 31.1. The molecular formula is C54H79N7O13. The Kier molecular flexibility index (Phi) is 25.8. The van der Waals surface area contributed by atoms with Gasteiger partial charge < -0.3 is 62.0 Å². The SMILES string of the molecule is CCCCCCC=CCC(=O)N[C@@H](Cc1ccc(O)cc1)C(=O)N[C@H](C(=O)N[C@@H](CO)[C@@H](O)CC(=O)N[C@H](C(=O)N[C@@H]1C=CC(=O)N[C@@H](C(C)C)C(=O)N(C)[C@@H](Cc2ccc(O)cc2)C(=O)OC1)C(C)C)C(C)C. The zero-order valence-electron chi connectivity index (χ0n) is 44.0. The third-order valence-corrected chi connectivity index (χ3v) is 12.5. The van der Waals surface area contributed by atoms with E-state index in [4.69, 9.17) is 4.74 Å². The molecule has 0 spiro atoms. The van der Waals surface area contributed by atoms with E-state index in [9.17, 15) is 58.8 Å². The third-order valence-electron chi connectivity index (χ3n) is 12.5. The summed E-state index contributed by atoms with van der Waals surface area (Å²) in [5.41, 5.74) is 1.22. The summed E-state index contributed by atoms with van der Waals surface area (Å²) < 4.78 is 5.66. The molecule has 2 aromatic rings. The molecular weight excluding hydrogens is 955 g/mol. The minimum absolute atomic E-state index is 0.00189. The lowest BCUT2D eigenvalue weighted by Gasteiger charge is -2.32. The summed E-state index contributed by atoms with van der Waals surface area (Å²) in [7, 11) is 1.42. The van der Waals surface area contributed by atoms with Crippen molar-refractivity contribution in [2.75, 3.05) is 20.3 Å². The van der Waals surface area contributed by atoms with E-state index in [1.807, 2.05) is 6.08 Å². The number of phenolic OH excluding ortho intramolecular Hbond substituents is 2. The number of aliphatic hydroxyl groups is 2. The quantitative estimate of drug-likeness (QED) is 0.0368. The Morgan fingerprint density at radius 3 is 1.96 bits per heavy atom. The summed E-state index contributed by atoms with van der Waals surface area (Å²) in [5.74, 6) is -6.95. The number of benzene rings is 2. The number of carbonyl (C=O) groups excluding carboxylic acids is 8. The van der Waals surface area contributed by atoms with Gasteiger partial charge in [0.05, 0.1) is 31.2 Å². The molecule has 74 heavy (non-hydrogen) atoms. The van der Waals surface area contributed by atoms with E-state index in [0.29, 0.717) is 11.1 Å². The van der Waals surface area contributed by atoms with Crippen molar-refractivity contribution in [3.63, 3.8) is 0 Å². The Bertz CT molecular complexity index is 2230. The standard InChI is InChI=1S/C54H79N7O13/c1-9-10-11-12-13-14-15-16-44(66)56-40(27-35-17-22-38(63)23-18-35)50(69)60-48(33(4)5)52(71)57-41(30-62)43(65)29-46(68)59-47(32(2)3)51(70)55-37-21-26-45(67)58-49(34(6)7)53(72)61(8)42(54(73)74-31-37)28-36-19-24-39(64)25-20-36/h14-15,17-26,32-34,37,40-43,47-49,62-65H,9-13,16,27-31H2,1-8H3,(H,55,70)(H,56,66)(H,57,71)(H,58,67)(H,59,68)(H,60,69)/t37-,40+,41+,42+,43+,47+,48+,49+/m1/s1. The van der Waals surface area contributed by atoms with Gasteiger partial charge in [-0.05, 0) is 66.0 Å². The summed E-state index contributed by atoms with van der Waals surface area (Å²) in [5, 5.41) is 57.0. The summed E-state index contributed by atoms with van der Waals surface area (Å²) in [6, 6.07) is 3.83. The third kappa shape index (κ3) is 20.6. The van der Waals surface area contributed by atoms with E-state index in [2.05, 4.69) is 38.8 Å². The van der Waals surface area contributed by atoms with E-state index >= 15 is 0 Å². The maximum Gasteiger partial charge on any atom is 0.329 e. The lowest BCUT2D eigenvalue weighted by molar-refractivity contribution is -0.156. The second-order valence-electron chi connectivity index (χ2n) is 19.8. The van der Waals surface area contributed by atoms with Crippen LogP contribution in [0, 0.1) is 17.8 Å². The zero-order chi connectivity index (χ0) is 55.1. The average molecular weight is 1030 g/mol. The van der Waals surface area contributed by atoms with Gasteiger partial charge in [0.25, 0.3) is 0 Å². The molecule has 0 saturated carbocycles. The molecule has 1 aliphatic rings. The molecule has 0 saturated heterocycles.